The third-order valence-corrected chi connectivity index (χ3v) is 4.25. The molecule has 2 aromatic rings. The number of anilines is 1. The lowest BCUT2D eigenvalue weighted by Gasteiger charge is -2.35. The second kappa shape index (κ2) is 4.94. The van der Waals surface area contributed by atoms with E-state index in [0.29, 0.717) is 0 Å². The maximum Gasteiger partial charge on any atom is 0.255 e. The van der Waals surface area contributed by atoms with Gasteiger partial charge in [0.25, 0.3) is 5.56 Å². The molecule has 1 aromatic heterocycles. The van der Waals surface area contributed by atoms with Gasteiger partial charge in [-0.05, 0) is 50.3 Å². The molecule has 4 nitrogen and oxygen atoms in total. The van der Waals surface area contributed by atoms with Crippen LogP contribution in [0.3, 0.4) is 0 Å². The van der Waals surface area contributed by atoms with E-state index in [4.69, 9.17) is 5.73 Å². The van der Waals surface area contributed by atoms with Crippen molar-refractivity contribution in [3.63, 3.8) is 0 Å². The van der Waals surface area contributed by atoms with Crippen LogP contribution in [0, 0.1) is 6.92 Å². The second-order valence-electron chi connectivity index (χ2n) is 5.87. The standard InChI is InChI=1S/C16H21N3O/c1-11-10-18-15(20)12-6-5-7-13(14(11)12)19-16(17)8-3-2-4-9-16/h5-7,10,19H,2-4,8-9,17H2,1H3,(H,18,20). The van der Waals surface area contributed by atoms with Gasteiger partial charge in [0.1, 0.15) is 0 Å². The first kappa shape index (κ1) is 13.2. The molecule has 3 rings (SSSR count). The highest BCUT2D eigenvalue weighted by Crippen LogP contribution is 2.31. The van der Waals surface area contributed by atoms with Crippen LogP contribution in [0.5, 0.6) is 0 Å². The van der Waals surface area contributed by atoms with E-state index in [2.05, 4.69) is 10.3 Å². The summed E-state index contributed by atoms with van der Waals surface area (Å²) in [6, 6.07) is 5.78. The Morgan fingerprint density at radius 2 is 2.00 bits per heavy atom. The van der Waals surface area contributed by atoms with Gasteiger partial charge in [-0.2, -0.15) is 0 Å². The van der Waals surface area contributed by atoms with E-state index in [1.165, 1.54) is 6.42 Å². The summed E-state index contributed by atoms with van der Waals surface area (Å²) in [4.78, 5) is 14.7. The molecule has 0 radical (unpaired) electrons. The molecule has 0 aliphatic heterocycles. The number of nitrogens with two attached hydrogens (primary N) is 1. The molecule has 0 amide bonds. The lowest BCUT2D eigenvalue weighted by molar-refractivity contribution is 0.333. The molecule has 0 spiro atoms. The average molecular weight is 271 g/mol. The van der Waals surface area contributed by atoms with Crippen LogP contribution in [-0.2, 0) is 0 Å². The highest BCUT2D eigenvalue weighted by atomic mass is 16.1. The van der Waals surface area contributed by atoms with Crippen molar-refractivity contribution in [2.45, 2.75) is 44.7 Å². The predicted octanol–water partition coefficient (Wildman–Crippen LogP) is 2.87. The van der Waals surface area contributed by atoms with E-state index in [1.54, 1.807) is 6.20 Å². The zero-order chi connectivity index (χ0) is 14.2. The number of fused-ring (bicyclic) bond motifs is 1. The summed E-state index contributed by atoms with van der Waals surface area (Å²) in [6.45, 7) is 2.01. The van der Waals surface area contributed by atoms with E-state index in [-0.39, 0.29) is 11.2 Å². The fourth-order valence-electron chi connectivity index (χ4n) is 3.17. The van der Waals surface area contributed by atoms with Crippen LogP contribution in [0.4, 0.5) is 5.69 Å². The zero-order valence-corrected chi connectivity index (χ0v) is 11.8. The van der Waals surface area contributed by atoms with E-state index in [0.717, 1.165) is 47.7 Å². The first-order valence-corrected chi connectivity index (χ1v) is 7.27. The molecule has 106 valence electrons. The molecule has 1 fully saturated rings. The first-order chi connectivity index (χ1) is 9.59. The number of hydrogen-bond acceptors (Lipinski definition) is 3. The SMILES string of the molecule is Cc1c[nH]c(=O)c2cccc(NC3(N)CCCCC3)c12. The monoisotopic (exact) mass is 271 g/mol. The average Bonchev–Trinajstić information content (AvgIpc) is 2.43. The number of aromatic nitrogens is 1. The molecule has 4 heteroatoms. The third kappa shape index (κ3) is 2.31. The Balaban J connectivity index is 2.08. The molecule has 1 saturated carbocycles. The number of aryl methyl sites for hydroxylation is 1. The van der Waals surface area contributed by atoms with Crippen LogP contribution in [0.2, 0.25) is 0 Å². The van der Waals surface area contributed by atoms with E-state index >= 15 is 0 Å². The Morgan fingerprint density at radius 1 is 1.25 bits per heavy atom. The number of nitrogens with one attached hydrogen (secondary N) is 2. The molecular weight excluding hydrogens is 250 g/mol. The predicted molar refractivity (Wildman–Crippen MR) is 82.9 cm³/mol. The number of H-pyrrole nitrogens is 1. The fraction of sp³-hybridized carbons (Fsp3) is 0.438. The lowest BCUT2D eigenvalue weighted by atomic mass is 9.89. The van der Waals surface area contributed by atoms with Crippen molar-refractivity contribution >= 4 is 16.5 Å². The minimum absolute atomic E-state index is 0.0519. The molecule has 0 unspecified atom stereocenters. The van der Waals surface area contributed by atoms with E-state index in [1.807, 2.05) is 25.1 Å². The van der Waals surface area contributed by atoms with Crippen molar-refractivity contribution < 1.29 is 0 Å². The van der Waals surface area contributed by atoms with Gasteiger partial charge in [-0.1, -0.05) is 12.5 Å². The van der Waals surface area contributed by atoms with Crippen LogP contribution < -0.4 is 16.6 Å². The quantitative estimate of drug-likeness (QED) is 0.735. The Morgan fingerprint density at radius 3 is 2.75 bits per heavy atom. The zero-order valence-electron chi connectivity index (χ0n) is 11.8. The summed E-state index contributed by atoms with van der Waals surface area (Å²) in [5.41, 5.74) is 8.10. The summed E-state index contributed by atoms with van der Waals surface area (Å²) in [5, 5.41) is 5.19. The normalized spacial score (nSPS) is 18.1. The van der Waals surface area contributed by atoms with Gasteiger partial charge in [0.2, 0.25) is 0 Å². The van der Waals surface area contributed by atoms with Gasteiger partial charge in [0.05, 0.1) is 5.66 Å². The van der Waals surface area contributed by atoms with Gasteiger partial charge in [0.15, 0.2) is 0 Å². The maximum atomic E-state index is 11.9. The van der Waals surface area contributed by atoms with Gasteiger partial charge < -0.3 is 16.0 Å². The Hall–Kier alpha value is -1.81. The maximum absolute atomic E-state index is 11.9. The first-order valence-electron chi connectivity index (χ1n) is 7.27. The number of benzene rings is 1. The molecule has 0 atom stereocenters. The highest BCUT2D eigenvalue weighted by molar-refractivity contribution is 5.95. The van der Waals surface area contributed by atoms with Crippen LogP contribution >= 0.6 is 0 Å². The topological polar surface area (TPSA) is 70.9 Å². The molecular formula is C16H21N3O. The van der Waals surface area contributed by atoms with Crippen molar-refractivity contribution in [3.05, 3.63) is 40.3 Å². The largest absolute Gasteiger partial charge is 0.367 e. The minimum Gasteiger partial charge on any atom is -0.367 e. The minimum atomic E-state index is -0.346. The van der Waals surface area contributed by atoms with Crippen molar-refractivity contribution in [1.82, 2.24) is 4.98 Å². The molecule has 0 bridgehead atoms. The Bertz CT molecular complexity index is 684. The fourth-order valence-corrected chi connectivity index (χ4v) is 3.17. The molecule has 0 saturated heterocycles. The summed E-state index contributed by atoms with van der Waals surface area (Å²) in [7, 11) is 0. The highest BCUT2D eigenvalue weighted by Gasteiger charge is 2.27. The van der Waals surface area contributed by atoms with Crippen LogP contribution in [0.25, 0.3) is 10.8 Å². The summed E-state index contributed by atoms with van der Waals surface area (Å²) in [6.07, 6.45) is 7.30. The van der Waals surface area contributed by atoms with Crippen molar-refractivity contribution in [1.29, 1.82) is 0 Å². The molecule has 1 aliphatic rings. The van der Waals surface area contributed by atoms with Crippen molar-refractivity contribution in [2.75, 3.05) is 5.32 Å². The summed E-state index contributed by atoms with van der Waals surface area (Å²) < 4.78 is 0. The van der Waals surface area contributed by atoms with Crippen LogP contribution in [0.1, 0.15) is 37.7 Å². The molecule has 1 heterocycles. The summed E-state index contributed by atoms with van der Waals surface area (Å²) in [5.74, 6) is 0. The van der Waals surface area contributed by atoms with Crippen LogP contribution in [-0.4, -0.2) is 10.6 Å². The number of aromatic amines is 1. The third-order valence-electron chi connectivity index (χ3n) is 4.25. The van der Waals surface area contributed by atoms with Gasteiger partial charge in [-0.25, -0.2) is 0 Å². The van der Waals surface area contributed by atoms with E-state index < -0.39 is 0 Å². The van der Waals surface area contributed by atoms with Gasteiger partial charge in [0, 0.05) is 22.7 Å². The van der Waals surface area contributed by atoms with Gasteiger partial charge in [-0.15, -0.1) is 0 Å². The van der Waals surface area contributed by atoms with Gasteiger partial charge in [-0.3, -0.25) is 4.79 Å². The molecule has 1 aliphatic carbocycles. The number of rotatable bonds is 2. The molecule has 20 heavy (non-hydrogen) atoms. The molecule has 4 N–H and O–H groups in total. The smallest absolute Gasteiger partial charge is 0.255 e. The van der Waals surface area contributed by atoms with Crippen molar-refractivity contribution in [2.24, 2.45) is 5.73 Å². The van der Waals surface area contributed by atoms with E-state index in [9.17, 15) is 4.79 Å². The lowest BCUT2D eigenvalue weighted by Crippen LogP contribution is -2.49. The second-order valence-corrected chi connectivity index (χ2v) is 5.87. The molecule has 1 aromatic carbocycles. The Kier molecular flexibility index (Phi) is 3.26. The van der Waals surface area contributed by atoms with Crippen LogP contribution in [0.15, 0.2) is 29.2 Å². The van der Waals surface area contributed by atoms with Crippen molar-refractivity contribution in [3.8, 4) is 0 Å². The van der Waals surface area contributed by atoms with Gasteiger partial charge >= 0.3 is 0 Å². The number of hydrogen-bond donors (Lipinski definition) is 3. The summed E-state index contributed by atoms with van der Waals surface area (Å²) >= 11 is 0. The number of pyridine rings is 1. The Labute approximate surface area is 118 Å².